The standard InChI is InChI=1S/C17H14ClNO2/c1-11(20)21-17-14-5-3-4-6-15(14)19(2)16(17)12-7-9-13(18)10-8-12/h3-10H,1-2H3. The number of carbonyl (C=O) groups is 1. The van der Waals surface area contributed by atoms with Crippen LogP contribution < -0.4 is 4.74 Å². The normalized spacial score (nSPS) is 10.8. The van der Waals surface area contributed by atoms with E-state index in [1.54, 1.807) is 0 Å². The molecule has 1 heterocycles. The predicted molar refractivity (Wildman–Crippen MR) is 84.7 cm³/mol. The van der Waals surface area contributed by atoms with E-state index in [1.807, 2.05) is 60.1 Å². The summed E-state index contributed by atoms with van der Waals surface area (Å²) in [6.07, 6.45) is 0. The molecule has 0 saturated carbocycles. The van der Waals surface area contributed by atoms with Crippen molar-refractivity contribution in [3.8, 4) is 17.0 Å². The van der Waals surface area contributed by atoms with Gasteiger partial charge in [0, 0.05) is 29.9 Å². The zero-order valence-corrected chi connectivity index (χ0v) is 12.5. The number of nitrogens with zero attached hydrogens (tertiary/aromatic N) is 1. The Hall–Kier alpha value is -2.26. The quantitative estimate of drug-likeness (QED) is 0.656. The summed E-state index contributed by atoms with van der Waals surface area (Å²) in [5.41, 5.74) is 2.83. The lowest BCUT2D eigenvalue weighted by Crippen LogP contribution is -2.02. The third-order valence-corrected chi connectivity index (χ3v) is 3.68. The maximum atomic E-state index is 11.5. The van der Waals surface area contributed by atoms with Gasteiger partial charge in [0.1, 0.15) is 0 Å². The van der Waals surface area contributed by atoms with Crippen molar-refractivity contribution in [3.63, 3.8) is 0 Å². The summed E-state index contributed by atoms with van der Waals surface area (Å²) in [5, 5.41) is 1.59. The minimum Gasteiger partial charge on any atom is -0.424 e. The Bertz CT molecular complexity index is 819. The molecule has 1 aromatic heterocycles. The predicted octanol–water partition coefficient (Wildman–Crippen LogP) is 4.42. The Morgan fingerprint density at radius 1 is 1.10 bits per heavy atom. The largest absolute Gasteiger partial charge is 0.424 e. The second-order valence-corrected chi connectivity index (χ2v) is 5.29. The van der Waals surface area contributed by atoms with Gasteiger partial charge in [0.25, 0.3) is 0 Å². The maximum absolute atomic E-state index is 11.5. The van der Waals surface area contributed by atoms with Gasteiger partial charge in [0.05, 0.1) is 11.2 Å². The van der Waals surface area contributed by atoms with Crippen LogP contribution in [0.15, 0.2) is 48.5 Å². The number of aromatic nitrogens is 1. The molecular formula is C17H14ClNO2. The van der Waals surface area contributed by atoms with Crippen LogP contribution in [0.2, 0.25) is 5.02 Å². The Kier molecular flexibility index (Phi) is 3.43. The van der Waals surface area contributed by atoms with Crippen molar-refractivity contribution < 1.29 is 9.53 Å². The van der Waals surface area contributed by atoms with E-state index in [2.05, 4.69) is 0 Å². The molecule has 3 nitrogen and oxygen atoms in total. The zero-order chi connectivity index (χ0) is 15.0. The lowest BCUT2D eigenvalue weighted by atomic mass is 10.1. The zero-order valence-electron chi connectivity index (χ0n) is 11.8. The van der Waals surface area contributed by atoms with Crippen LogP contribution in [0.4, 0.5) is 0 Å². The number of fused-ring (bicyclic) bond motifs is 1. The van der Waals surface area contributed by atoms with Crippen LogP contribution in [0.5, 0.6) is 5.75 Å². The smallest absolute Gasteiger partial charge is 0.308 e. The van der Waals surface area contributed by atoms with Crippen LogP contribution in [0.1, 0.15) is 6.92 Å². The van der Waals surface area contributed by atoms with Crippen LogP contribution in [-0.2, 0) is 11.8 Å². The van der Waals surface area contributed by atoms with E-state index >= 15 is 0 Å². The summed E-state index contributed by atoms with van der Waals surface area (Å²) < 4.78 is 7.50. The molecule has 4 heteroatoms. The van der Waals surface area contributed by atoms with E-state index in [-0.39, 0.29) is 5.97 Å². The van der Waals surface area contributed by atoms with Crippen LogP contribution in [-0.4, -0.2) is 10.5 Å². The highest BCUT2D eigenvalue weighted by molar-refractivity contribution is 6.30. The van der Waals surface area contributed by atoms with Gasteiger partial charge in [-0.1, -0.05) is 35.9 Å². The molecule has 2 aromatic carbocycles. The van der Waals surface area contributed by atoms with Crippen molar-refractivity contribution in [1.29, 1.82) is 0 Å². The Labute approximate surface area is 127 Å². The molecule has 0 aliphatic rings. The van der Waals surface area contributed by atoms with Gasteiger partial charge in [-0.05, 0) is 24.3 Å². The van der Waals surface area contributed by atoms with Crippen LogP contribution in [0.3, 0.4) is 0 Å². The van der Waals surface area contributed by atoms with Crippen LogP contribution in [0, 0.1) is 0 Å². The highest BCUT2D eigenvalue weighted by Gasteiger charge is 2.19. The molecule has 21 heavy (non-hydrogen) atoms. The SMILES string of the molecule is CC(=O)Oc1c(-c2ccc(Cl)cc2)n(C)c2ccccc12. The summed E-state index contributed by atoms with van der Waals surface area (Å²) in [6, 6.07) is 15.3. The average molecular weight is 300 g/mol. The molecular weight excluding hydrogens is 286 g/mol. The van der Waals surface area contributed by atoms with Gasteiger partial charge < -0.3 is 9.30 Å². The van der Waals surface area contributed by atoms with Crippen molar-refractivity contribution in [2.75, 3.05) is 0 Å². The molecule has 0 radical (unpaired) electrons. The molecule has 0 atom stereocenters. The molecule has 3 aromatic rings. The summed E-state index contributed by atoms with van der Waals surface area (Å²) in [6.45, 7) is 1.41. The highest BCUT2D eigenvalue weighted by Crippen LogP contribution is 2.39. The van der Waals surface area contributed by atoms with Gasteiger partial charge in [-0.15, -0.1) is 0 Å². The number of para-hydroxylation sites is 1. The molecule has 0 fully saturated rings. The van der Waals surface area contributed by atoms with E-state index in [9.17, 15) is 4.79 Å². The van der Waals surface area contributed by atoms with Crippen molar-refractivity contribution in [1.82, 2.24) is 4.57 Å². The van der Waals surface area contributed by atoms with Crippen LogP contribution in [0.25, 0.3) is 22.2 Å². The first-order valence-electron chi connectivity index (χ1n) is 6.59. The van der Waals surface area contributed by atoms with Gasteiger partial charge in [-0.3, -0.25) is 4.79 Å². The fraction of sp³-hybridized carbons (Fsp3) is 0.118. The van der Waals surface area contributed by atoms with Gasteiger partial charge in [0.15, 0.2) is 5.75 Å². The van der Waals surface area contributed by atoms with E-state index in [1.165, 1.54) is 6.92 Å². The molecule has 106 valence electrons. The van der Waals surface area contributed by atoms with Crippen molar-refractivity contribution >= 4 is 28.5 Å². The number of ether oxygens (including phenoxy) is 1. The molecule has 3 rings (SSSR count). The van der Waals surface area contributed by atoms with Crippen LogP contribution >= 0.6 is 11.6 Å². The Balaban J connectivity index is 2.31. The number of halogens is 1. The molecule has 0 aliphatic carbocycles. The Morgan fingerprint density at radius 2 is 1.76 bits per heavy atom. The maximum Gasteiger partial charge on any atom is 0.308 e. The molecule has 0 aliphatic heterocycles. The lowest BCUT2D eigenvalue weighted by Gasteiger charge is -2.08. The molecule has 0 saturated heterocycles. The summed E-state index contributed by atoms with van der Waals surface area (Å²) >= 11 is 5.95. The second-order valence-electron chi connectivity index (χ2n) is 4.85. The minimum atomic E-state index is -0.332. The van der Waals surface area contributed by atoms with E-state index in [0.29, 0.717) is 10.8 Å². The van der Waals surface area contributed by atoms with Crippen molar-refractivity contribution in [2.24, 2.45) is 7.05 Å². The van der Waals surface area contributed by atoms with Gasteiger partial charge in [-0.25, -0.2) is 0 Å². The third kappa shape index (κ3) is 2.41. The van der Waals surface area contributed by atoms with Gasteiger partial charge in [0.2, 0.25) is 0 Å². The Morgan fingerprint density at radius 3 is 2.43 bits per heavy atom. The molecule has 0 spiro atoms. The average Bonchev–Trinajstić information content (AvgIpc) is 2.73. The summed E-state index contributed by atoms with van der Waals surface area (Å²) in [7, 11) is 1.96. The first-order valence-corrected chi connectivity index (χ1v) is 6.97. The second kappa shape index (κ2) is 5.26. The number of hydrogen-bond acceptors (Lipinski definition) is 2. The minimum absolute atomic E-state index is 0.332. The van der Waals surface area contributed by atoms with Crippen molar-refractivity contribution in [2.45, 2.75) is 6.92 Å². The van der Waals surface area contributed by atoms with E-state index < -0.39 is 0 Å². The molecule has 0 bridgehead atoms. The topological polar surface area (TPSA) is 31.2 Å². The fourth-order valence-electron chi connectivity index (χ4n) is 2.54. The third-order valence-electron chi connectivity index (χ3n) is 3.42. The van der Waals surface area contributed by atoms with Crippen molar-refractivity contribution in [3.05, 3.63) is 53.6 Å². The molecule has 0 N–H and O–H groups in total. The number of carbonyl (C=O) groups excluding carboxylic acids is 1. The van der Waals surface area contributed by atoms with E-state index in [0.717, 1.165) is 22.2 Å². The lowest BCUT2D eigenvalue weighted by molar-refractivity contribution is -0.131. The fourth-order valence-corrected chi connectivity index (χ4v) is 2.66. The highest BCUT2D eigenvalue weighted by atomic mass is 35.5. The number of rotatable bonds is 2. The summed E-state index contributed by atoms with van der Waals surface area (Å²) in [5.74, 6) is 0.254. The molecule has 0 unspecified atom stereocenters. The van der Waals surface area contributed by atoms with Gasteiger partial charge in [-0.2, -0.15) is 0 Å². The van der Waals surface area contributed by atoms with Gasteiger partial charge >= 0.3 is 5.97 Å². The summed E-state index contributed by atoms with van der Waals surface area (Å²) in [4.78, 5) is 11.5. The first-order chi connectivity index (χ1) is 10.1. The number of hydrogen-bond donors (Lipinski definition) is 0. The number of benzene rings is 2. The first kappa shape index (κ1) is 13.7. The number of aryl methyl sites for hydroxylation is 1. The monoisotopic (exact) mass is 299 g/mol. The molecule has 0 amide bonds. The number of esters is 1. The van der Waals surface area contributed by atoms with E-state index in [4.69, 9.17) is 16.3 Å².